The highest BCUT2D eigenvalue weighted by molar-refractivity contribution is 5.91. The predicted octanol–water partition coefficient (Wildman–Crippen LogP) is 1.33. The van der Waals surface area contributed by atoms with Gasteiger partial charge in [0.05, 0.1) is 11.6 Å². The quantitative estimate of drug-likeness (QED) is 0.719. The van der Waals surface area contributed by atoms with Crippen LogP contribution in [0.25, 0.3) is 0 Å². The summed E-state index contributed by atoms with van der Waals surface area (Å²) >= 11 is 0. The minimum atomic E-state index is -0.461. The monoisotopic (exact) mass is 200 g/mol. The minimum absolute atomic E-state index is 0.0289. The predicted molar refractivity (Wildman–Crippen MR) is 60.5 cm³/mol. The number of carbonyl (C=O) groups is 1. The number of likely N-dealkylation sites (N-methyl/N-ethyl adjacent to an activating group) is 1. The molecule has 1 unspecified atom stereocenters. The van der Waals surface area contributed by atoms with Gasteiger partial charge in [-0.25, -0.2) is 0 Å². The second-order valence-electron chi connectivity index (χ2n) is 5.36. The normalized spacial score (nSPS) is 15.4. The standard InChI is InChI=1S/C11H24N2O/c1-8(13-10(2,3)4)9(14)11(5,6)12-7/h8,12-13H,1-7H3. The summed E-state index contributed by atoms with van der Waals surface area (Å²) in [6, 6.07) is -0.127. The fourth-order valence-electron chi connectivity index (χ4n) is 1.38. The van der Waals surface area contributed by atoms with E-state index in [0.29, 0.717) is 0 Å². The van der Waals surface area contributed by atoms with Crippen molar-refractivity contribution < 1.29 is 4.79 Å². The smallest absolute Gasteiger partial charge is 0.168 e. The molecule has 1 atom stereocenters. The first-order valence-electron chi connectivity index (χ1n) is 5.11. The van der Waals surface area contributed by atoms with Crippen LogP contribution in [0.1, 0.15) is 41.5 Å². The molecule has 0 aliphatic carbocycles. The molecule has 0 aromatic rings. The third-order valence-electron chi connectivity index (χ3n) is 2.28. The van der Waals surface area contributed by atoms with Crippen molar-refractivity contribution in [3.8, 4) is 0 Å². The van der Waals surface area contributed by atoms with Crippen LogP contribution in [0.5, 0.6) is 0 Å². The zero-order valence-corrected chi connectivity index (χ0v) is 10.5. The Morgan fingerprint density at radius 3 is 1.86 bits per heavy atom. The summed E-state index contributed by atoms with van der Waals surface area (Å²) in [5, 5.41) is 6.29. The summed E-state index contributed by atoms with van der Waals surface area (Å²) in [5.74, 6) is 0.190. The molecule has 3 nitrogen and oxygen atoms in total. The van der Waals surface area contributed by atoms with Crippen LogP contribution in [-0.4, -0.2) is 30.0 Å². The lowest BCUT2D eigenvalue weighted by molar-refractivity contribution is -0.126. The van der Waals surface area contributed by atoms with Gasteiger partial charge in [-0.1, -0.05) is 0 Å². The van der Waals surface area contributed by atoms with Gasteiger partial charge in [0, 0.05) is 5.54 Å². The SMILES string of the molecule is CNC(C)(C)C(=O)C(C)NC(C)(C)C. The second-order valence-corrected chi connectivity index (χ2v) is 5.36. The van der Waals surface area contributed by atoms with Crippen LogP contribution in [-0.2, 0) is 4.79 Å². The molecule has 0 radical (unpaired) electrons. The van der Waals surface area contributed by atoms with Gasteiger partial charge in [0.1, 0.15) is 0 Å². The van der Waals surface area contributed by atoms with Gasteiger partial charge >= 0.3 is 0 Å². The number of nitrogens with one attached hydrogen (secondary N) is 2. The zero-order valence-electron chi connectivity index (χ0n) is 10.5. The number of hydrogen-bond donors (Lipinski definition) is 2. The first-order valence-corrected chi connectivity index (χ1v) is 5.11. The molecule has 3 heteroatoms. The van der Waals surface area contributed by atoms with Crippen LogP contribution in [0.4, 0.5) is 0 Å². The topological polar surface area (TPSA) is 41.1 Å². The maximum atomic E-state index is 11.9. The molecule has 84 valence electrons. The van der Waals surface area contributed by atoms with Crippen LogP contribution in [0.15, 0.2) is 0 Å². The summed E-state index contributed by atoms with van der Waals surface area (Å²) < 4.78 is 0. The average Bonchev–Trinajstić information content (AvgIpc) is 2.00. The average molecular weight is 200 g/mol. The van der Waals surface area contributed by atoms with Crippen molar-refractivity contribution in [2.75, 3.05) is 7.05 Å². The van der Waals surface area contributed by atoms with Crippen molar-refractivity contribution in [3.05, 3.63) is 0 Å². The van der Waals surface area contributed by atoms with E-state index in [9.17, 15) is 4.79 Å². The van der Waals surface area contributed by atoms with Crippen molar-refractivity contribution in [1.82, 2.24) is 10.6 Å². The Bertz CT molecular complexity index is 204. The molecule has 0 bridgehead atoms. The molecular formula is C11H24N2O. The van der Waals surface area contributed by atoms with E-state index in [-0.39, 0.29) is 17.4 Å². The van der Waals surface area contributed by atoms with Gasteiger partial charge in [-0.3, -0.25) is 4.79 Å². The van der Waals surface area contributed by atoms with Crippen molar-refractivity contribution in [2.45, 2.75) is 58.7 Å². The summed E-state index contributed by atoms with van der Waals surface area (Å²) in [6.45, 7) is 11.9. The van der Waals surface area contributed by atoms with Crippen molar-refractivity contribution in [1.29, 1.82) is 0 Å². The molecule has 0 aromatic heterocycles. The van der Waals surface area contributed by atoms with Crippen molar-refractivity contribution in [2.24, 2.45) is 0 Å². The van der Waals surface area contributed by atoms with E-state index < -0.39 is 5.54 Å². The third-order valence-corrected chi connectivity index (χ3v) is 2.28. The maximum absolute atomic E-state index is 11.9. The Morgan fingerprint density at radius 2 is 1.57 bits per heavy atom. The fourth-order valence-corrected chi connectivity index (χ4v) is 1.38. The van der Waals surface area contributed by atoms with E-state index in [2.05, 4.69) is 31.4 Å². The van der Waals surface area contributed by atoms with Crippen LogP contribution >= 0.6 is 0 Å². The highest BCUT2D eigenvalue weighted by atomic mass is 16.1. The molecule has 0 amide bonds. The van der Waals surface area contributed by atoms with Crippen LogP contribution in [0, 0.1) is 0 Å². The lowest BCUT2D eigenvalue weighted by Gasteiger charge is -2.31. The van der Waals surface area contributed by atoms with Crippen molar-refractivity contribution >= 4 is 5.78 Å². The summed E-state index contributed by atoms with van der Waals surface area (Å²) in [5.41, 5.74) is -0.490. The fraction of sp³-hybridized carbons (Fsp3) is 0.909. The van der Waals surface area contributed by atoms with E-state index >= 15 is 0 Å². The van der Waals surface area contributed by atoms with Gasteiger partial charge < -0.3 is 10.6 Å². The molecule has 0 heterocycles. The van der Waals surface area contributed by atoms with Crippen LogP contribution in [0.3, 0.4) is 0 Å². The van der Waals surface area contributed by atoms with E-state index in [1.165, 1.54) is 0 Å². The van der Waals surface area contributed by atoms with E-state index in [0.717, 1.165) is 0 Å². The second kappa shape index (κ2) is 4.41. The molecule has 0 spiro atoms. The Balaban J connectivity index is 4.41. The van der Waals surface area contributed by atoms with Gasteiger partial charge in [-0.2, -0.15) is 0 Å². The van der Waals surface area contributed by atoms with Gasteiger partial charge in [0.15, 0.2) is 5.78 Å². The number of carbonyl (C=O) groups excluding carboxylic acids is 1. The molecule has 0 aromatic carbocycles. The first kappa shape index (κ1) is 13.6. The summed E-state index contributed by atoms with van der Waals surface area (Å²) in [7, 11) is 1.81. The van der Waals surface area contributed by atoms with Gasteiger partial charge in [-0.15, -0.1) is 0 Å². The highest BCUT2D eigenvalue weighted by Gasteiger charge is 2.31. The van der Waals surface area contributed by atoms with E-state index in [1.807, 2.05) is 27.8 Å². The zero-order chi connectivity index (χ0) is 11.6. The molecule has 0 fully saturated rings. The molecule has 0 aliphatic heterocycles. The first-order chi connectivity index (χ1) is 6.10. The van der Waals surface area contributed by atoms with Crippen LogP contribution < -0.4 is 10.6 Å². The number of ketones is 1. The number of Topliss-reactive ketones (excluding diaryl/α,β-unsaturated/α-hetero) is 1. The third kappa shape index (κ3) is 4.20. The highest BCUT2D eigenvalue weighted by Crippen LogP contribution is 2.09. The summed E-state index contributed by atoms with van der Waals surface area (Å²) in [4.78, 5) is 11.9. The van der Waals surface area contributed by atoms with Crippen molar-refractivity contribution in [3.63, 3.8) is 0 Å². The maximum Gasteiger partial charge on any atom is 0.168 e. The molecular weight excluding hydrogens is 176 g/mol. The van der Waals surface area contributed by atoms with E-state index in [1.54, 1.807) is 0 Å². The molecule has 0 saturated carbocycles. The minimum Gasteiger partial charge on any atom is -0.308 e. The lowest BCUT2D eigenvalue weighted by atomic mass is 9.93. The van der Waals surface area contributed by atoms with Gasteiger partial charge in [0.25, 0.3) is 0 Å². The molecule has 0 aliphatic rings. The Hall–Kier alpha value is -0.410. The van der Waals surface area contributed by atoms with E-state index in [4.69, 9.17) is 0 Å². The molecule has 14 heavy (non-hydrogen) atoms. The molecule has 0 rings (SSSR count). The van der Waals surface area contributed by atoms with Gasteiger partial charge in [-0.05, 0) is 48.6 Å². The largest absolute Gasteiger partial charge is 0.308 e. The van der Waals surface area contributed by atoms with Crippen LogP contribution in [0.2, 0.25) is 0 Å². The molecule has 2 N–H and O–H groups in total. The number of hydrogen-bond acceptors (Lipinski definition) is 3. The Kier molecular flexibility index (Phi) is 4.28. The Morgan fingerprint density at radius 1 is 1.14 bits per heavy atom. The molecule has 0 saturated heterocycles. The Labute approximate surface area is 87.6 Å². The number of rotatable bonds is 4. The van der Waals surface area contributed by atoms with Gasteiger partial charge in [0.2, 0.25) is 0 Å². The lowest BCUT2D eigenvalue weighted by Crippen LogP contribution is -2.56. The summed E-state index contributed by atoms with van der Waals surface area (Å²) in [6.07, 6.45) is 0.